The number of non-ortho nitro benzene ring substituents is 2. The van der Waals surface area contributed by atoms with Gasteiger partial charge in [-0.1, -0.05) is 0 Å². The van der Waals surface area contributed by atoms with E-state index < -0.39 is 32.9 Å². The number of aromatic hydroxyl groups is 2. The molecule has 0 aliphatic heterocycles. The molecule has 10 nitrogen and oxygen atoms in total. The quantitative estimate of drug-likeness (QED) is 0.442. The normalized spacial score (nSPS) is 10.1. The van der Waals surface area contributed by atoms with Gasteiger partial charge in [0.05, 0.1) is 33.2 Å². The van der Waals surface area contributed by atoms with E-state index in [0.29, 0.717) is 0 Å². The number of nitrogens with zero attached hydrogens (tertiary/aromatic N) is 2. The van der Waals surface area contributed by atoms with E-state index in [1.165, 1.54) is 0 Å². The maximum Gasteiger partial charge on any atom is 0.273 e. The first-order valence-electron chi connectivity index (χ1n) is 6.05. The molecule has 0 heterocycles. The second kappa shape index (κ2) is 5.97. The summed E-state index contributed by atoms with van der Waals surface area (Å²) in [5.41, 5.74) is -1.12. The van der Waals surface area contributed by atoms with E-state index in [1.807, 2.05) is 0 Å². The van der Waals surface area contributed by atoms with Crippen molar-refractivity contribution in [3.8, 4) is 11.5 Å². The van der Waals surface area contributed by atoms with Gasteiger partial charge >= 0.3 is 0 Å². The number of hydrogen-bond acceptors (Lipinski definition) is 7. The fourth-order valence-electron chi connectivity index (χ4n) is 1.75. The van der Waals surface area contributed by atoms with Crippen LogP contribution in [0.1, 0.15) is 10.4 Å². The molecule has 0 unspecified atom stereocenters. The molecule has 0 spiro atoms. The number of rotatable bonds is 4. The predicted molar refractivity (Wildman–Crippen MR) is 77.5 cm³/mol. The van der Waals surface area contributed by atoms with Gasteiger partial charge in [-0.25, -0.2) is 0 Å². The van der Waals surface area contributed by atoms with Crippen LogP contribution in [0.3, 0.4) is 0 Å². The number of benzene rings is 2. The van der Waals surface area contributed by atoms with E-state index in [0.717, 1.165) is 36.4 Å². The Morgan fingerprint density at radius 3 is 1.91 bits per heavy atom. The molecule has 0 saturated carbocycles. The number of anilines is 1. The molecule has 23 heavy (non-hydrogen) atoms. The number of amides is 1. The number of nitro benzene ring substituents is 2. The predicted octanol–water partition coefficient (Wildman–Crippen LogP) is 2.17. The van der Waals surface area contributed by atoms with E-state index in [4.69, 9.17) is 0 Å². The molecule has 0 bridgehead atoms. The second-order valence-corrected chi connectivity index (χ2v) is 4.37. The average Bonchev–Trinajstić information content (AvgIpc) is 2.48. The third-order valence-electron chi connectivity index (χ3n) is 2.88. The van der Waals surface area contributed by atoms with E-state index in [9.17, 15) is 35.2 Å². The summed E-state index contributed by atoms with van der Waals surface area (Å²) in [6.07, 6.45) is 0. The van der Waals surface area contributed by atoms with Crippen LogP contribution in [-0.2, 0) is 0 Å². The average molecular weight is 319 g/mol. The third kappa shape index (κ3) is 3.32. The smallest absolute Gasteiger partial charge is 0.273 e. The van der Waals surface area contributed by atoms with Gasteiger partial charge in [0.2, 0.25) is 0 Å². The number of hydrogen-bond donors (Lipinski definition) is 3. The number of nitrogens with one attached hydrogen (secondary N) is 1. The summed E-state index contributed by atoms with van der Waals surface area (Å²) in [6, 6.07) is 5.93. The highest BCUT2D eigenvalue weighted by atomic mass is 16.6. The summed E-state index contributed by atoms with van der Waals surface area (Å²) in [4.78, 5) is 31.7. The van der Waals surface area contributed by atoms with Crippen molar-refractivity contribution >= 4 is 23.0 Å². The van der Waals surface area contributed by atoms with Crippen molar-refractivity contribution in [2.75, 3.05) is 5.32 Å². The van der Waals surface area contributed by atoms with Crippen molar-refractivity contribution in [3.05, 3.63) is 62.2 Å². The molecule has 1 amide bonds. The highest BCUT2D eigenvalue weighted by Crippen LogP contribution is 2.29. The lowest BCUT2D eigenvalue weighted by Gasteiger charge is -2.08. The summed E-state index contributed by atoms with van der Waals surface area (Å²) >= 11 is 0. The number of phenolic OH excluding ortho intramolecular Hbond substituents is 2. The van der Waals surface area contributed by atoms with E-state index in [1.54, 1.807) is 0 Å². The second-order valence-electron chi connectivity index (χ2n) is 4.37. The molecule has 10 heteroatoms. The minimum atomic E-state index is -0.846. The van der Waals surface area contributed by atoms with Gasteiger partial charge in [-0.15, -0.1) is 0 Å². The molecular formula is C13H9N3O7. The van der Waals surface area contributed by atoms with Gasteiger partial charge in [0, 0.05) is 12.1 Å². The Bertz CT molecular complexity index is 819. The van der Waals surface area contributed by atoms with Crippen LogP contribution in [0.5, 0.6) is 11.5 Å². The Hall–Kier alpha value is -3.69. The highest BCUT2D eigenvalue weighted by molar-refractivity contribution is 6.07. The van der Waals surface area contributed by atoms with Gasteiger partial charge in [-0.3, -0.25) is 25.0 Å². The monoisotopic (exact) mass is 319 g/mol. The first-order valence-corrected chi connectivity index (χ1v) is 6.05. The Labute approximate surface area is 127 Å². The van der Waals surface area contributed by atoms with E-state index in [2.05, 4.69) is 5.32 Å². The van der Waals surface area contributed by atoms with Crippen LogP contribution in [-0.4, -0.2) is 26.0 Å². The number of carbonyl (C=O) groups excluding carboxylic acids is 1. The maximum atomic E-state index is 12.0. The SMILES string of the molecule is O=C(Nc1ccc([N+](=O)[O-])cc1O)c1ccc([N+](=O)[O-])cc1O. The van der Waals surface area contributed by atoms with Crippen molar-refractivity contribution < 1.29 is 24.9 Å². The van der Waals surface area contributed by atoms with Crippen LogP contribution in [0.15, 0.2) is 36.4 Å². The molecule has 0 aliphatic carbocycles. The number of nitro groups is 2. The standard InChI is InChI=1S/C13H9N3O7/c17-11-5-7(15(20)21)1-3-9(11)13(19)14-10-4-2-8(16(22)23)6-12(10)18/h1-6,17-18H,(H,14,19). The number of phenols is 2. The zero-order chi connectivity index (χ0) is 17.1. The van der Waals surface area contributed by atoms with Crippen LogP contribution in [0.25, 0.3) is 0 Å². The minimum Gasteiger partial charge on any atom is -0.507 e. The third-order valence-corrected chi connectivity index (χ3v) is 2.88. The first-order chi connectivity index (χ1) is 10.8. The van der Waals surface area contributed by atoms with E-state index >= 15 is 0 Å². The molecule has 3 N–H and O–H groups in total. The lowest BCUT2D eigenvalue weighted by atomic mass is 10.1. The van der Waals surface area contributed by atoms with Crippen LogP contribution in [0.2, 0.25) is 0 Å². The molecule has 2 aromatic rings. The Balaban J connectivity index is 2.26. The lowest BCUT2D eigenvalue weighted by Crippen LogP contribution is -2.12. The molecule has 118 valence electrons. The largest absolute Gasteiger partial charge is 0.507 e. The first kappa shape index (κ1) is 15.7. The van der Waals surface area contributed by atoms with Crippen molar-refractivity contribution in [3.63, 3.8) is 0 Å². The van der Waals surface area contributed by atoms with Gasteiger partial charge in [-0.2, -0.15) is 0 Å². The summed E-state index contributed by atoms with van der Waals surface area (Å²) in [6.45, 7) is 0. The Morgan fingerprint density at radius 2 is 1.43 bits per heavy atom. The Morgan fingerprint density at radius 1 is 0.913 bits per heavy atom. The molecule has 2 rings (SSSR count). The zero-order valence-corrected chi connectivity index (χ0v) is 11.3. The van der Waals surface area contributed by atoms with Crippen molar-refractivity contribution in [1.29, 1.82) is 0 Å². The molecule has 0 saturated heterocycles. The van der Waals surface area contributed by atoms with Crippen LogP contribution in [0.4, 0.5) is 17.1 Å². The molecule has 0 aliphatic rings. The van der Waals surface area contributed by atoms with Crippen LogP contribution in [0, 0.1) is 20.2 Å². The van der Waals surface area contributed by atoms with Crippen LogP contribution < -0.4 is 5.32 Å². The lowest BCUT2D eigenvalue weighted by molar-refractivity contribution is -0.385. The fraction of sp³-hybridized carbons (Fsp3) is 0. The van der Waals surface area contributed by atoms with Crippen molar-refractivity contribution in [1.82, 2.24) is 0 Å². The summed E-state index contributed by atoms with van der Waals surface area (Å²) < 4.78 is 0. The van der Waals surface area contributed by atoms with Crippen molar-refractivity contribution in [2.24, 2.45) is 0 Å². The highest BCUT2D eigenvalue weighted by Gasteiger charge is 2.18. The van der Waals surface area contributed by atoms with Gasteiger partial charge < -0.3 is 15.5 Å². The summed E-state index contributed by atoms with van der Waals surface area (Å²) in [5, 5.41) is 42.7. The minimum absolute atomic E-state index is 0.113. The molecule has 0 atom stereocenters. The molecule has 0 fully saturated rings. The van der Waals surface area contributed by atoms with Gasteiger partial charge in [0.1, 0.15) is 11.5 Å². The maximum absolute atomic E-state index is 12.0. The van der Waals surface area contributed by atoms with E-state index in [-0.39, 0.29) is 16.9 Å². The van der Waals surface area contributed by atoms with Gasteiger partial charge in [0.15, 0.2) is 0 Å². The zero-order valence-electron chi connectivity index (χ0n) is 11.3. The van der Waals surface area contributed by atoms with Crippen LogP contribution >= 0.6 is 0 Å². The van der Waals surface area contributed by atoms with Crippen molar-refractivity contribution in [2.45, 2.75) is 0 Å². The van der Waals surface area contributed by atoms with Gasteiger partial charge in [-0.05, 0) is 12.1 Å². The number of carbonyl (C=O) groups is 1. The molecular weight excluding hydrogens is 310 g/mol. The molecule has 2 aromatic carbocycles. The van der Waals surface area contributed by atoms with Gasteiger partial charge in [0.25, 0.3) is 17.3 Å². The fourth-order valence-corrected chi connectivity index (χ4v) is 1.75. The topological polar surface area (TPSA) is 156 Å². The molecule has 0 radical (unpaired) electrons. The summed E-state index contributed by atoms with van der Waals surface area (Å²) in [7, 11) is 0. The Kier molecular flexibility index (Phi) is 4.07. The molecule has 0 aromatic heterocycles. The summed E-state index contributed by atoms with van der Waals surface area (Å²) in [5.74, 6) is -1.99.